The number of halogens is 1. The zero-order valence-electron chi connectivity index (χ0n) is 5.17. The normalized spacial score (nSPS) is 14.0. The van der Waals surface area contributed by atoms with E-state index in [-0.39, 0.29) is 4.83 Å². The molecule has 0 aromatic heterocycles. The van der Waals surface area contributed by atoms with Gasteiger partial charge in [0.05, 0.1) is 0 Å². The maximum Gasteiger partial charge on any atom is 0.328 e. The average Bonchev–Trinajstić information content (AvgIpc) is 1.83. The van der Waals surface area contributed by atoms with E-state index >= 15 is 0 Å². The fourth-order valence-electron chi connectivity index (χ4n) is 0.323. The Balaban J connectivity index is 3.56. The molecule has 0 heterocycles. The second-order valence-corrected chi connectivity index (χ2v) is 2.80. The van der Waals surface area contributed by atoms with Crippen molar-refractivity contribution in [2.75, 3.05) is 0 Å². The van der Waals surface area contributed by atoms with Crippen LogP contribution in [0.5, 0.6) is 0 Å². The minimum Gasteiger partial charge on any atom is -0.478 e. The molecule has 0 bridgehead atoms. The third-order valence-electron chi connectivity index (χ3n) is 0.838. The number of allylic oxidation sites excluding steroid dienone is 1. The van der Waals surface area contributed by atoms with Crippen LogP contribution in [0.3, 0.4) is 0 Å². The van der Waals surface area contributed by atoms with Crippen molar-refractivity contribution in [1.82, 2.24) is 0 Å². The highest BCUT2D eigenvalue weighted by Crippen LogP contribution is 2.04. The van der Waals surface area contributed by atoms with Gasteiger partial charge in [0.1, 0.15) is 0 Å². The standard InChI is InChI=1S/C6H9BrO2/c1-2-5(7)3-4-6(8)9/h3-5H,2H2,1H3,(H,8,9). The van der Waals surface area contributed by atoms with E-state index < -0.39 is 5.97 Å². The van der Waals surface area contributed by atoms with Crippen LogP contribution in [-0.4, -0.2) is 15.9 Å². The van der Waals surface area contributed by atoms with Crippen LogP contribution in [0.1, 0.15) is 13.3 Å². The van der Waals surface area contributed by atoms with Crippen LogP contribution in [0.2, 0.25) is 0 Å². The Bertz CT molecular complexity index is 120. The van der Waals surface area contributed by atoms with Gasteiger partial charge in [0.15, 0.2) is 0 Å². The molecule has 0 aromatic rings. The molecule has 2 nitrogen and oxygen atoms in total. The molecule has 0 spiro atoms. The van der Waals surface area contributed by atoms with Gasteiger partial charge in [-0.1, -0.05) is 28.9 Å². The Kier molecular flexibility index (Phi) is 4.40. The van der Waals surface area contributed by atoms with Crippen LogP contribution >= 0.6 is 15.9 Å². The van der Waals surface area contributed by atoms with Crippen molar-refractivity contribution in [2.45, 2.75) is 18.2 Å². The molecule has 52 valence electrons. The molecule has 0 rings (SSSR count). The Hall–Kier alpha value is -0.310. The summed E-state index contributed by atoms with van der Waals surface area (Å²) in [5.41, 5.74) is 0. The topological polar surface area (TPSA) is 37.3 Å². The smallest absolute Gasteiger partial charge is 0.328 e. The zero-order valence-corrected chi connectivity index (χ0v) is 6.76. The quantitative estimate of drug-likeness (QED) is 0.548. The molecule has 0 aromatic carbocycles. The lowest BCUT2D eigenvalue weighted by atomic mass is 10.3. The summed E-state index contributed by atoms with van der Waals surface area (Å²) in [4.78, 5) is 10.1. The second kappa shape index (κ2) is 4.56. The summed E-state index contributed by atoms with van der Waals surface area (Å²) in [6.07, 6.45) is 3.66. The van der Waals surface area contributed by atoms with Crippen LogP contribution in [0.15, 0.2) is 12.2 Å². The summed E-state index contributed by atoms with van der Waals surface area (Å²) in [6, 6.07) is 0. The van der Waals surface area contributed by atoms with E-state index in [1.165, 1.54) is 0 Å². The molecule has 0 aliphatic rings. The predicted molar refractivity (Wildman–Crippen MR) is 39.8 cm³/mol. The first kappa shape index (κ1) is 8.69. The van der Waals surface area contributed by atoms with Gasteiger partial charge in [-0.25, -0.2) is 4.79 Å². The van der Waals surface area contributed by atoms with Crippen molar-refractivity contribution in [3.05, 3.63) is 12.2 Å². The van der Waals surface area contributed by atoms with Crippen molar-refractivity contribution in [1.29, 1.82) is 0 Å². The molecule has 0 aliphatic carbocycles. The Morgan fingerprint density at radius 3 is 2.78 bits per heavy atom. The number of rotatable bonds is 3. The van der Waals surface area contributed by atoms with Crippen molar-refractivity contribution in [3.63, 3.8) is 0 Å². The predicted octanol–water partition coefficient (Wildman–Crippen LogP) is 1.80. The van der Waals surface area contributed by atoms with Crippen molar-refractivity contribution in [3.8, 4) is 0 Å². The molecule has 9 heavy (non-hydrogen) atoms. The largest absolute Gasteiger partial charge is 0.478 e. The maximum absolute atomic E-state index is 9.91. The van der Waals surface area contributed by atoms with Crippen LogP contribution in [0.25, 0.3) is 0 Å². The number of hydrogen-bond acceptors (Lipinski definition) is 1. The lowest BCUT2D eigenvalue weighted by Crippen LogP contribution is -1.92. The van der Waals surface area contributed by atoms with Crippen LogP contribution in [0.4, 0.5) is 0 Å². The van der Waals surface area contributed by atoms with E-state index in [0.717, 1.165) is 12.5 Å². The SMILES string of the molecule is CCC(Br)C=CC(=O)O. The summed E-state index contributed by atoms with van der Waals surface area (Å²) < 4.78 is 0. The van der Waals surface area contributed by atoms with E-state index in [2.05, 4.69) is 15.9 Å². The van der Waals surface area contributed by atoms with E-state index in [4.69, 9.17) is 5.11 Å². The van der Waals surface area contributed by atoms with Crippen LogP contribution < -0.4 is 0 Å². The minimum absolute atomic E-state index is 0.189. The molecule has 0 aliphatic heterocycles. The Morgan fingerprint density at radius 2 is 2.44 bits per heavy atom. The molecule has 0 fully saturated rings. The number of aliphatic carboxylic acids is 1. The van der Waals surface area contributed by atoms with E-state index in [9.17, 15) is 4.79 Å². The summed E-state index contributed by atoms with van der Waals surface area (Å²) in [5.74, 6) is -0.895. The molecule has 1 atom stereocenters. The fraction of sp³-hybridized carbons (Fsp3) is 0.500. The molecule has 0 saturated carbocycles. The number of hydrogen-bond donors (Lipinski definition) is 1. The van der Waals surface area contributed by atoms with E-state index in [0.29, 0.717) is 0 Å². The molecule has 1 unspecified atom stereocenters. The lowest BCUT2D eigenvalue weighted by molar-refractivity contribution is -0.131. The third-order valence-corrected chi connectivity index (χ3v) is 1.79. The van der Waals surface area contributed by atoms with Gasteiger partial charge in [0.25, 0.3) is 0 Å². The summed E-state index contributed by atoms with van der Waals surface area (Å²) in [6.45, 7) is 1.98. The van der Waals surface area contributed by atoms with Gasteiger partial charge in [-0.05, 0) is 6.42 Å². The highest BCUT2D eigenvalue weighted by Gasteiger charge is 1.93. The maximum atomic E-state index is 9.91. The Labute approximate surface area is 62.7 Å². The summed E-state index contributed by atoms with van der Waals surface area (Å²) >= 11 is 3.26. The first-order valence-corrected chi connectivity index (χ1v) is 3.63. The number of alkyl halides is 1. The van der Waals surface area contributed by atoms with Gasteiger partial charge < -0.3 is 5.11 Å². The first-order chi connectivity index (χ1) is 4.16. The first-order valence-electron chi connectivity index (χ1n) is 2.72. The number of carbonyl (C=O) groups is 1. The third kappa shape index (κ3) is 5.56. The average molecular weight is 193 g/mol. The number of carboxylic acid groups (broad SMARTS) is 1. The van der Waals surface area contributed by atoms with Gasteiger partial charge in [0.2, 0.25) is 0 Å². The van der Waals surface area contributed by atoms with E-state index in [1.54, 1.807) is 6.08 Å². The molecule has 0 radical (unpaired) electrons. The highest BCUT2D eigenvalue weighted by atomic mass is 79.9. The van der Waals surface area contributed by atoms with Gasteiger partial charge in [-0.3, -0.25) is 0 Å². The monoisotopic (exact) mass is 192 g/mol. The fourth-order valence-corrected chi connectivity index (χ4v) is 0.475. The molecule has 1 N–H and O–H groups in total. The van der Waals surface area contributed by atoms with Crippen LogP contribution in [0, 0.1) is 0 Å². The van der Waals surface area contributed by atoms with Gasteiger partial charge in [-0.2, -0.15) is 0 Å². The molecular weight excluding hydrogens is 184 g/mol. The van der Waals surface area contributed by atoms with Crippen LogP contribution in [-0.2, 0) is 4.79 Å². The van der Waals surface area contributed by atoms with Gasteiger partial charge in [0, 0.05) is 10.9 Å². The van der Waals surface area contributed by atoms with Crippen molar-refractivity contribution in [2.24, 2.45) is 0 Å². The Morgan fingerprint density at radius 1 is 1.89 bits per heavy atom. The summed E-state index contributed by atoms with van der Waals surface area (Å²) in [5, 5.41) is 8.15. The highest BCUT2D eigenvalue weighted by molar-refractivity contribution is 9.09. The van der Waals surface area contributed by atoms with Crippen molar-refractivity contribution >= 4 is 21.9 Å². The molecule has 3 heteroatoms. The molecule has 0 saturated heterocycles. The molecule has 0 amide bonds. The van der Waals surface area contributed by atoms with Gasteiger partial charge in [-0.15, -0.1) is 0 Å². The lowest BCUT2D eigenvalue weighted by Gasteiger charge is -1.93. The summed E-state index contributed by atoms with van der Waals surface area (Å²) in [7, 11) is 0. The van der Waals surface area contributed by atoms with Gasteiger partial charge >= 0.3 is 5.97 Å². The second-order valence-electron chi connectivity index (χ2n) is 1.62. The van der Waals surface area contributed by atoms with Crippen molar-refractivity contribution < 1.29 is 9.90 Å². The van der Waals surface area contributed by atoms with E-state index in [1.807, 2.05) is 6.92 Å². The number of carboxylic acids is 1. The molecular formula is C6H9BrO2. The zero-order chi connectivity index (χ0) is 7.28. The minimum atomic E-state index is -0.895.